The van der Waals surface area contributed by atoms with Crippen molar-refractivity contribution in [3.63, 3.8) is 0 Å². The number of anilines is 1. The molecule has 0 radical (unpaired) electrons. The second-order valence-electron chi connectivity index (χ2n) is 5.54. The predicted octanol–water partition coefficient (Wildman–Crippen LogP) is 4.07. The van der Waals surface area contributed by atoms with E-state index in [0.29, 0.717) is 11.8 Å². The highest BCUT2D eigenvalue weighted by Crippen LogP contribution is 2.26. The van der Waals surface area contributed by atoms with Gasteiger partial charge >= 0.3 is 0 Å². The van der Waals surface area contributed by atoms with E-state index in [1.54, 1.807) is 0 Å². The molecule has 90 valence electrons. The van der Waals surface area contributed by atoms with Gasteiger partial charge in [-0.15, -0.1) is 0 Å². The van der Waals surface area contributed by atoms with Gasteiger partial charge < -0.3 is 4.90 Å². The van der Waals surface area contributed by atoms with E-state index >= 15 is 0 Å². The van der Waals surface area contributed by atoms with Gasteiger partial charge in [0, 0.05) is 19.8 Å². The molecule has 1 aromatic carbocycles. The fourth-order valence-electron chi connectivity index (χ4n) is 2.00. The number of benzene rings is 1. The van der Waals surface area contributed by atoms with E-state index in [-0.39, 0.29) is 0 Å². The lowest BCUT2D eigenvalue weighted by molar-refractivity contribution is 0.645. The van der Waals surface area contributed by atoms with Gasteiger partial charge in [0.05, 0.1) is 0 Å². The number of rotatable bonds is 4. The van der Waals surface area contributed by atoms with Gasteiger partial charge in [-0.1, -0.05) is 39.8 Å². The molecule has 0 saturated heterocycles. The molecule has 0 saturated carbocycles. The third-order valence-corrected chi connectivity index (χ3v) is 2.88. The first-order chi connectivity index (χ1) is 7.41. The summed E-state index contributed by atoms with van der Waals surface area (Å²) in [7, 11) is 4.24. The Hall–Kier alpha value is -0.980. The van der Waals surface area contributed by atoms with Crippen molar-refractivity contribution >= 4 is 5.69 Å². The number of hydrogen-bond acceptors (Lipinski definition) is 1. The van der Waals surface area contributed by atoms with Crippen LogP contribution in [0.5, 0.6) is 0 Å². The summed E-state index contributed by atoms with van der Waals surface area (Å²) < 4.78 is 0. The summed E-state index contributed by atoms with van der Waals surface area (Å²) in [5.74, 6) is 1.32. The zero-order valence-corrected chi connectivity index (χ0v) is 11.5. The minimum absolute atomic E-state index is 0.613. The molecule has 1 aromatic rings. The van der Waals surface area contributed by atoms with E-state index in [1.165, 1.54) is 16.8 Å². The van der Waals surface area contributed by atoms with Crippen LogP contribution in [0, 0.1) is 5.92 Å². The van der Waals surface area contributed by atoms with Crippen molar-refractivity contribution in [2.24, 2.45) is 5.92 Å². The fraction of sp³-hybridized carbons (Fsp3) is 0.600. The molecule has 0 bridgehead atoms. The Morgan fingerprint density at radius 2 is 1.69 bits per heavy atom. The van der Waals surface area contributed by atoms with E-state index in [2.05, 4.69) is 64.9 Å². The standard InChI is InChI=1S/C15H25N/c1-11(2)9-14-10-13(12(3)4)7-8-15(14)16(5)6/h7-8,10-12H,9H2,1-6H3. The Bertz CT molecular complexity index is 337. The Morgan fingerprint density at radius 1 is 1.06 bits per heavy atom. The van der Waals surface area contributed by atoms with Crippen molar-refractivity contribution in [2.45, 2.75) is 40.0 Å². The highest BCUT2D eigenvalue weighted by atomic mass is 15.1. The van der Waals surface area contributed by atoms with Crippen LogP contribution in [-0.2, 0) is 6.42 Å². The fourth-order valence-corrected chi connectivity index (χ4v) is 2.00. The van der Waals surface area contributed by atoms with E-state index in [0.717, 1.165) is 6.42 Å². The molecule has 0 fully saturated rings. The third kappa shape index (κ3) is 3.26. The van der Waals surface area contributed by atoms with Gasteiger partial charge in [0.2, 0.25) is 0 Å². The lowest BCUT2D eigenvalue weighted by Gasteiger charge is -2.20. The molecule has 0 aromatic heterocycles. The van der Waals surface area contributed by atoms with Gasteiger partial charge in [-0.2, -0.15) is 0 Å². The van der Waals surface area contributed by atoms with Gasteiger partial charge in [0.25, 0.3) is 0 Å². The van der Waals surface area contributed by atoms with Gasteiger partial charge in [-0.25, -0.2) is 0 Å². The average molecular weight is 219 g/mol. The van der Waals surface area contributed by atoms with E-state index in [9.17, 15) is 0 Å². The summed E-state index contributed by atoms with van der Waals surface area (Å²) in [6, 6.07) is 6.89. The molecule has 0 aliphatic carbocycles. The minimum atomic E-state index is 0.613. The SMILES string of the molecule is CC(C)Cc1cc(C(C)C)ccc1N(C)C. The molecule has 1 heteroatoms. The molecule has 0 aliphatic rings. The first kappa shape index (κ1) is 13.1. The summed E-state index contributed by atoms with van der Waals surface area (Å²) in [6.07, 6.45) is 1.16. The highest BCUT2D eigenvalue weighted by molar-refractivity contribution is 5.54. The van der Waals surface area contributed by atoms with Crippen molar-refractivity contribution in [1.82, 2.24) is 0 Å². The summed E-state index contributed by atoms with van der Waals surface area (Å²) >= 11 is 0. The lowest BCUT2D eigenvalue weighted by atomic mass is 9.95. The van der Waals surface area contributed by atoms with Crippen molar-refractivity contribution in [1.29, 1.82) is 0 Å². The van der Waals surface area contributed by atoms with Crippen LogP contribution in [0.2, 0.25) is 0 Å². The summed E-state index contributed by atoms with van der Waals surface area (Å²) in [4.78, 5) is 2.21. The molecule has 0 aliphatic heterocycles. The molecule has 16 heavy (non-hydrogen) atoms. The van der Waals surface area contributed by atoms with Crippen LogP contribution in [0.4, 0.5) is 5.69 Å². The van der Waals surface area contributed by atoms with Crippen molar-refractivity contribution < 1.29 is 0 Å². The van der Waals surface area contributed by atoms with Crippen molar-refractivity contribution in [3.05, 3.63) is 29.3 Å². The Balaban J connectivity index is 3.10. The maximum absolute atomic E-state index is 2.38. The maximum atomic E-state index is 2.38. The molecule has 0 amide bonds. The quantitative estimate of drug-likeness (QED) is 0.737. The molecule has 1 rings (SSSR count). The number of nitrogens with zero attached hydrogens (tertiary/aromatic N) is 1. The predicted molar refractivity (Wildman–Crippen MR) is 73.4 cm³/mol. The largest absolute Gasteiger partial charge is 0.377 e. The van der Waals surface area contributed by atoms with E-state index in [4.69, 9.17) is 0 Å². The summed E-state index contributed by atoms with van der Waals surface area (Å²) in [6.45, 7) is 9.07. The van der Waals surface area contributed by atoms with Crippen LogP contribution >= 0.6 is 0 Å². The Morgan fingerprint density at radius 3 is 2.12 bits per heavy atom. The lowest BCUT2D eigenvalue weighted by Crippen LogP contribution is -2.12. The van der Waals surface area contributed by atoms with Crippen molar-refractivity contribution in [3.8, 4) is 0 Å². The molecular weight excluding hydrogens is 194 g/mol. The normalized spacial score (nSPS) is 11.2. The first-order valence-corrected chi connectivity index (χ1v) is 6.22. The van der Waals surface area contributed by atoms with Crippen LogP contribution in [-0.4, -0.2) is 14.1 Å². The smallest absolute Gasteiger partial charge is 0.0393 e. The van der Waals surface area contributed by atoms with Gasteiger partial charge in [0.1, 0.15) is 0 Å². The third-order valence-electron chi connectivity index (χ3n) is 2.88. The second-order valence-corrected chi connectivity index (χ2v) is 5.54. The van der Waals surface area contributed by atoms with Crippen molar-refractivity contribution in [2.75, 3.05) is 19.0 Å². The van der Waals surface area contributed by atoms with Crippen LogP contribution in [0.3, 0.4) is 0 Å². The first-order valence-electron chi connectivity index (χ1n) is 6.22. The molecule has 0 atom stereocenters. The molecule has 0 unspecified atom stereocenters. The zero-order chi connectivity index (χ0) is 12.3. The second kappa shape index (κ2) is 5.38. The average Bonchev–Trinajstić information content (AvgIpc) is 2.15. The number of hydrogen-bond donors (Lipinski definition) is 0. The van der Waals surface area contributed by atoms with Crippen LogP contribution in [0.1, 0.15) is 44.7 Å². The topological polar surface area (TPSA) is 3.24 Å². The Kier molecular flexibility index (Phi) is 4.40. The van der Waals surface area contributed by atoms with E-state index in [1.807, 2.05) is 0 Å². The molecule has 0 spiro atoms. The maximum Gasteiger partial charge on any atom is 0.0393 e. The summed E-state index contributed by atoms with van der Waals surface area (Å²) in [5, 5.41) is 0. The van der Waals surface area contributed by atoms with Gasteiger partial charge in [-0.05, 0) is 35.4 Å². The monoisotopic (exact) mass is 219 g/mol. The summed E-state index contributed by atoms with van der Waals surface area (Å²) in [5.41, 5.74) is 4.28. The molecule has 1 nitrogen and oxygen atoms in total. The highest BCUT2D eigenvalue weighted by Gasteiger charge is 2.09. The van der Waals surface area contributed by atoms with Crippen LogP contribution in [0.15, 0.2) is 18.2 Å². The van der Waals surface area contributed by atoms with Gasteiger partial charge in [0.15, 0.2) is 0 Å². The molecular formula is C15H25N. The minimum Gasteiger partial charge on any atom is -0.377 e. The van der Waals surface area contributed by atoms with Crippen LogP contribution in [0.25, 0.3) is 0 Å². The Labute approximate surface area is 100 Å². The molecule has 0 N–H and O–H groups in total. The van der Waals surface area contributed by atoms with Crippen LogP contribution < -0.4 is 4.90 Å². The molecule has 0 heterocycles. The van der Waals surface area contributed by atoms with E-state index < -0.39 is 0 Å². The zero-order valence-electron chi connectivity index (χ0n) is 11.5. The van der Waals surface area contributed by atoms with Gasteiger partial charge in [-0.3, -0.25) is 0 Å².